The van der Waals surface area contributed by atoms with E-state index in [9.17, 15) is 0 Å². The molecule has 0 aliphatic carbocycles. The van der Waals surface area contributed by atoms with Crippen LogP contribution >= 0.6 is 23.4 Å². The van der Waals surface area contributed by atoms with E-state index >= 15 is 0 Å². The summed E-state index contributed by atoms with van der Waals surface area (Å²) >= 11 is 7.76. The van der Waals surface area contributed by atoms with Crippen molar-refractivity contribution in [3.63, 3.8) is 0 Å². The van der Waals surface area contributed by atoms with Crippen LogP contribution in [0.15, 0.2) is 70.6 Å². The van der Waals surface area contributed by atoms with Crippen molar-refractivity contribution in [2.45, 2.75) is 16.3 Å². The zero-order valence-electron chi connectivity index (χ0n) is 12.2. The quantitative estimate of drug-likeness (QED) is 0.726. The van der Waals surface area contributed by atoms with Gasteiger partial charge in [-0.1, -0.05) is 53.7 Å². The second-order valence-corrected chi connectivity index (χ2v) is 6.32. The molecule has 1 N–H and O–H groups in total. The maximum Gasteiger partial charge on any atom is 0.128 e. The molecular formula is C17H16ClN3S. The first kappa shape index (κ1) is 15.0. The largest absolute Gasteiger partial charge is 0.377 e. The van der Waals surface area contributed by atoms with Gasteiger partial charge in [0, 0.05) is 22.5 Å². The third-order valence-corrected chi connectivity index (χ3v) is 4.76. The van der Waals surface area contributed by atoms with Gasteiger partial charge in [-0.05, 0) is 24.3 Å². The first-order valence-corrected chi connectivity index (χ1v) is 8.15. The Morgan fingerprint density at radius 3 is 2.55 bits per heavy atom. The fourth-order valence-electron chi connectivity index (χ4n) is 2.08. The zero-order valence-corrected chi connectivity index (χ0v) is 13.7. The normalized spacial score (nSPS) is 10.6. The third-order valence-electron chi connectivity index (χ3n) is 3.32. The van der Waals surface area contributed by atoms with Crippen LogP contribution in [0.5, 0.6) is 0 Å². The lowest BCUT2D eigenvalue weighted by Crippen LogP contribution is -2.06. The molecule has 0 fully saturated rings. The number of para-hydroxylation sites is 1. The summed E-state index contributed by atoms with van der Waals surface area (Å²) in [4.78, 5) is 6.71. The number of rotatable bonds is 5. The lowest BCUT2D eigenvalue weighted by Gasteiger charge is -2.11. The van der Waals surface area contributed by atoms with Crippen molar-refractivity contribution >= 4 is 29.1 Å². The summed E-state index contributed by atoms with van der Waals surface area (Å²) in [6, 6.07) is 18.6. The van der Waals surface area contributed by atoms with Gasteiger partial charge < -0.3 is 9.88 Å². The summed E-state index contributed by atoms with van der Waals surface area (Å²) in [5.74, 6) is 0.907. The number of halogens is 1. The molecule has 1 heterocycles. The number of nitrogens with one attached hydrogen (secondary N) is 1. The zero-order chi connectivity index (χ0) is 15.4. The van der Waals surface area contributed by atoms with Crippen LogP contribution in [-0.4, -0.2) is 9.55 Å². The topological polar surface area (TPSA) is 29.9 Å². The number of aromatic nitrogens is 2. The molecule has 0 spiro atoms. The molecule has 22 heavy (non-hydrogen) atoms. The van der Waals surface area contributed by atoms with Gasteiger partial charge in [-0.15, -0.1) is 0 Å². The van der Waals surface area contributed by atoms with Gasteiger partial charge in [0.25, 0.3) is 0 Å². The van der Waals surface area contributed by atoms with Gasteiger partial charge in [-0.3, -0.25) is 0 Å². The van der Waals surface area contributed by atoms with Crippen LogP contribution in [0.2, 0.25) is 5.15 Å². The van der Waals surface area contributed by atoms with Crippen LogP contribution in [0.1, 0.15) is 5.82 Å². The maximum absolute atomic E-state index is 6.02. The van der Waals surface area contributed by atoms with E-state index < -0.39 is 0 Å². The monoisotopic (exact) mass is 329 g/mol. The van der Waals surface area contributed by atoms with Crippen LogP contribution in [-0.2, 0) is 13.6 Å². The summed E-state index contributed by atoms with van der Waals surface area (Å²) in [5.41, 5.74) is 1.09. The van der Waals surface area contributed by atoms with Gasteiger partial charge in [-0.25, -0.2) is 4.98 Å². The highest BCUT2D eigenvalue weighted by Gasteiger charge is 2.07. The Morgan fingerprint density at radius 2 is 1.82 bits per heavy atom. The summed E-state index contributed by atoms with van der Waals surface area (Å²) in [5, 5.41) is 4.08. The Bertz CT molecular complexity index is 756. The van der Waals surface area contributed by atoms with E-state index in [2.05, 4.69) is 34.6 Å². The Labute approximate surface area is 139 Å². The fraction of sp³-hybridized carbons (Fsp3) is 0.118. The summed E-state index contributed by atoms with van der Waals surface area (Å²) < 4.78 is 1.88. The van der Waals surface area contributed by atoms with E-state index in [4.69, 9.17) is 11.6 Å². The molecule has 0 amide bonds. The van der Waals surface area contributed by atoms with E-state index in [1.54, 1.807) is 18.0 Å². The highest BCUT2D eigenvalue weighted by molar-refractivity contribution is 7.99. The number of imidazole rings is 1. The molecule has 3 rings (SSSR count). The minimum Gasteiger partial charge on any atom is -0.377 e. The van der Waals surface area contributed by atoms with Crippen molar-refractivity contribution in [1.29, 1.82) is 0 Å². The molecule has 5 heteroatoms. The number of hydrogen-bond acceptors (Lipinski definition) is 3. The number of benzene rings is 2. The Kier molecular flexibility index (Phi) is 4.71. The highest BCUT2D eigenvalue weighted by Crippen LogP contribution is 2.33. The standard InChI is InChI=1S/C17H16ClN3S/c1-21-16(18)11-20-17(21)12-19-14-9-5-6-10-15(14)22-13-7-3-2-4-8-13/h2-11,19H,12H2,1H3. The minimum atomic E-state index is 0.635. The van der Waals surface area contributed by atoms with Crippen LogP contribution in [0, 0.1) is 0 Å². The molecule has 3 nitrogen and oxygen atoms in total. The molecule has 2 aromatic carbocycles. The van der Waals surface area contributed by atoms with Crippen molar-refractivity contribution in [2.75, 3.05) is 5.32 Å². The van der Waals surface area contributed by atoms with Crippen LogP contribution in [0.3, 0.4) is 0 Å². The van der Waals surface area contributed by atoms with E-state index in [0.29, 0.717) is 11.7 Å². The molecule has 0 saturated carbocycles. The van der Waals surface area contributed by atoms with Crippen molar-refractivity contribution in [2.24, 2.45) is 7.05 Å². The van der Waals surface area contributed by atoms with Crippen molar-refractivity contribution < 1.29 is 0 Å². The number of anilines is 1. The lowest BCUT2D eigenvalue weighted by molar-refractivity contribution is 0.812. The van der Waals surface area contributed by atoms with Crippen LogP contribution in [0.25, 0.3) is 0 Å². The molecule has 0 saturated heterocycles. The second-order valence-electron chi connectivity index (χ2n) is 4.82. The molecule has 0 unspecified atom stereocenters. The van der Waals surface area contributed by atoms with Crippen molar-refractivity contribution in [1.82, 2.24) is 9.55 Å². The Hall–Kier alpha value is -1.91. The van der Waals surface area contributed by atoms with E-state index in [1.165, 1.54) is 9.79 Å². The van der Waals surface area contributed by atoms with Gasteiger partial charge in [-0.2, -0.15) is 0 Å². The maximum atomic E-state index is 6.02. The average molecular weight is 330 g/mol. The highest BCUT2D eigenvalue weighted by atomic mass is 35.5. The molecule has 0 bridgehead atoms. The van der Waals surface area contributed by atoms with Gasteiger partial charge in [0.2, 0.25) is 0 Å². The first-order chi connectivity index (χ1) is 10.7. The van der Waals surface area contributed by atoms with Gasteiger partial charge in [0.15, 0.2) is 0 Å². The Balaban J connectivity index is 1.75. The smallest absolute Gasteiger partial charge is 0.128 e. The van der Waals surface area contributed by atoms with Crippen molar-refractivity contribution in [3.8, 4) is 0 Å². The van der Waals surface area contributed by atoms with E-state index in [1.807, 2.05) is 41.9 Å². The first-order valence-electron chi connectivity index (χ1n) is 6.96. The number of nitrogens with zero attached hydrogens (tertiary/aromatic N) is 2. The van der Waals surface area contributed by atoms with Crippen LogP contribution < -0.4 is 5.32 Å². The van der Waals surface area contributed by atoms with Gasteiger partial charge >= 0.3 is 0 Å². The predicted octanol–water partition coefficient (Wildman–Crippen LogP) is 4.84. The molecule has 0 aliphatic heterocycles. The third kappa shape index (κ3) is 3.46. The van der Waals surface area contributed by atoms with Crippen LogP contribution in [0.4, 0.5) is 5.69 Å². The molecule has 112 valence electrons. The van der Waals surface area contributed by atoms with Crippen molar-refractivity contribution in [3.05, 3.63) is 71.8 Å². The molecular weight excluding hydrogens is 314 g/mol. The molecule has 1 aromatic heterocycles. The van der Waals surface area contributed by atoms with E-state index in [0.717, 1.165) is 11.5 Å². The fourth-order valence-corrected chi connectivity index (χ4v) is 3.17. The number of hydrogen-bond donors (Lipinski definition) is 1. The molecule has 0 atom stereocenters. The summed E-state index contributed by atoms with van der Waals surface area (Å²) in [7, 11) is 1.91. The predicted molar refractivity (Wildman–Crippen MR) is 92.6 cm³/mol. The average Bonchev–Trinajstić information content (AvgIpc) is 2.87. The molecule has 0 aliphatic rings. The minimum absolute atomic E-state index is 0.635. The van der Waals surface area contributed by atoms with Gasteiger partial charge in [0.1, 0.15) is 11.0 Å². The van der Waals surface area contributed by atoms with Gasteiger partial charge in [0.05, 0.1) is 12.7 Å². The second kappa shape index (κ2) is 6.90. The summed E-state index contributed by atoms with van der Waals surface area (Å²) in [6.07, 6.45) is 1.67. The SMILES string of the molecule is Cn1c(Cl)cnc1CNc1ccccc1Sc1ccccc1. The van der Waals surface area contributed by atoms with E-state index in [-0.39, 0.29) is 0 Å². The molecule has 3 aromatic rings. The lowest BCUT2D eigenvalue weighted by atomic mass is 10.3. The summed E-state index contributed by atoms with van der Waals surface area (Å²) in [6.45, 7) is 0.635. The molecule has 0 radical (unpaired) electrons. The Morgan fingerprint density at radius 1 is 1.09 bits per heavy atom.